The van der Waals surface area contributed by atoms with E-state index in [0.29, 0.717) is 53.6 Å². The van der Waals surface area contributed by atoms with Crippen LogP contribution >= 0.6 is 11.6 Å². The number of benzene rings is 3. The van der Waals surface area contributed by atoms with Crippen molar-refractivity contribution in [3.63, 3.8) is 0 Å². The summed E-state index contributed by atoms with van der Waals surface area (Å²) < 4.78 is 5.84. The Balaban J connectivity index is 1.51. The molecule has 0 unspecified atom stereocenters. The van der Waals surface area contributed by atoms with E-state index < -0.39 is 5.97 Å². The number of ether oxygens (including phenoxy) is 1. The highest BCUT2D eigenvalue weighted by Gasteiger charge is 2.18. The third-order valence-corrected chi connectivity index (χ3v) is 5.99. The van der Waals surface area contributed by atoms with Crippen LogP contribution in [0.1, 0.15) is 22.3 Å². The number of carbonyl (C=O) groups is 2. The summed E-state index contributed by atoms with van der Waals surface area (Å²) in [6, 6.07) is 24.1. The fourth-order valence-electron chi connectivity index (χ4n) is 3.83. The van der Waals surface area contributed by atoms with Crippen molar-refractivity contribution in [1.82, 2.24) is 4.90 Å². The van der Waals surface area contributed by atoms with E-state index in [1.807, 2.05) is 54.6 Å². The van der Waals surface area contributed by atoms with Crippen LogP contribution in [-0.2, 0) is 11.2 Å². The Morgan fingerprint density at radius 3 is 2.42 bits per heavy atom. The van der Waals surface area contributed by atoms with Gasteiger partial charge in [-0.3, -0.25) is 4.79 Å². The molecule has 0 spiro atoms. The average molecular weight is 500 g/mol. The highest BCUT2D eigenvalue weighted by Crippen LogP contribution is 2.25. The van der Waals surface area contributed by atoms with Gasteiger partial charge in [-0.25, -0.2) is 4.79 Å². The van der Waals surface area contributed by atoms with Crippen molar-refractivity contribution in [2.45, 2.75) is 12.8 Å². The van der Waals surface area contributed by atoms with Crippen molar-refractivity contribution in [3.05, 3.63) is 130 Å². The van der Waals surface area contributed by atoms with Gasteiger partial charge in [0.25, 0.3) is 5.91 Å². The molecule has 0 radical (unpaired) electrons. The smallest absolute Gasteiger partial charge is 0.331 e. The number of carboxylic acid groups (broad SMARTS) is 1. The van der Waals surface area contributed by atoms with Gasteiger partial charge in [0, 0.05) is 29.2 Å². The lowest BCUT2D eigenvalue weighted by Gasteiger charge is -2.24. The number of carbonyl (C=O) groups excluding carboxylic acids is 1. The van der Waals surface area contributed by atoms with E-state index >= 15 is 0 Å². The van der Waals surface area contributed by atoms with Crippen LogP contribution in [0.25, 0.3) is 0 Å². The lowest BCUT2D eigenvalue weighted by Crippen LogP contribution is -2.34. The molecule has 1 aliphatic rings. The zero-order valence-electron chi connectivity index (χ0n) is 19.6. The number of aliphatic carboxylic acids is 1. The minimum absolute atomic E-state index is 0.110. The third kappa shape index (κ3) is 6.96. The maximum Gasteiger partial charge on any atom is 0.331 e. The monoisotopic (exact) mass is 499 g/mol. The maximum absolute atomic E-state index is 13.5. The van der Waals surface area contributed by atoms with Crippen LogP contribution in [0.15, 0.2) is 114 Å². The SMILES string of the molecule is O=C(O)C1=CC=C(CN(CCc2ccccc2)C(=O)c2ccc(Oc3cccc(Cl)c3)cc2)C=CC1. The Morgan fingerprint density at radius 1 is 0.917 bits per heavy atom. The van der Waals surface area contributed by atoms with Gasteiger partial charge in [-0.15, -0.1) is 0 Å². The summed E-state index contributed by atoms with van der Waals surface area (Å²) >= 11 is 6.03. The van der Waals surface area contributed by atoms with Crippen LogP contribution in [0, 0.1) is 0 Å². The molecule has 3 aromatic rings. The van der Waals surface area contributed by atoms with Gasteiger partial charge in [0.2, 0.25) is 0 Å². The van der Waals surface area contributed by atoms with E-state index in [0.717, 1.165) is 11.1 Å². The van der Waals surface area contributed by atoms with Crippen LogP contribution in [0.3, 0.4) is 0 Å². The predicted molar refractivity (Wildman–Crippen MR) is 142 cm³/mol. The van der Waals surface area contributed by atoms with Gasteiger partial charge in [0.1, 0.15) is 11.5 Å². The van der Waals surface area contributed by atoms with Gasteiger partial charge in [-0.2, -0.15) is 0 Å². The van der Waals surface area contributed by atoms with Crippen LogP contribution in [0.2, 0.25) is 5.02 Å². The van der Waals surface area contributed by atoms with E-state index in [2.05, 4.69) is 0 Å². The van der Waals surface area contributed by atoms with Gasteiger partial charge in [-0.1, -0.05) is 72.3 Å². The summed E-state index contributed by atoms with van der Waals surface area (Å²) in [5, 5.41) is 9.88. The first-order valence-corrected chi connectivity index (χ1v) is 12.0. The van der Waals surface area contributed by atoms with Crippen LogP contribution < -0.4 is 4.74 Å². The standard InChI is InChI=1S/C30H26ClNO4/c31-26-10-5-11-28(20-26)36-27-16-14-24(15-17-27)29(33)32(19-18-22-6-2-1-3-7-22)21-23-8-4-9-25(13-12-23)30(34)35/h1-8,10-17,20H,9,18-19,21H2,(H,34,35). The zero-order chi connectivity index (χ0) is 25.3. The minimum Gasteiger partial charge on any atom is -0.478 e. The quantitative estimate of drug-likeness (QED) is 0.355. The van der Waals surface area contributed by atoms with Crippen molar-refractivity contribution in [2.24, 2.45) is 0 Å². The molecule has 6 heteroatoms. The summed E-state index contributed by atoms with van der Waals surface area (Å²) in [6.07, 6.45) is 8.14. The van der Waals surface area contributed by atoms with Crippen molar-refractivity contribution in [1.29, 1.82) is 0 Å². The Morgan fingerprint density at radius 2 is 1.69 bits per heavy atom. The van der Waals surface area contributed by atoms with E-state index in [4.69, 9.17) is 16.3 Å². The average Bonchev–Trinajstić information content (AvgIpc) is 3.13. The van der Waals surface area contributed by atoms with E-state index in [1.54, 1.807) is 53.5 Å². The Bertz CT molecular complexity index is 1310. The summed E-state index contributed by atoms with van der Waals surface area (Å²) in [7, 11) is 0. The molecule has 182 valence electrons. The first kappa shape index (κ1) is 25.0. The van der Waals surface area contributed by atoms with Crippen molar-refractivity contribution >= 4 is 23.5 Å². The van der Waals surface area contributed by atoms with Gasteiger partial charge >= 0.3 is 5.97 Å². The topological polar surface area (TPSA) is 66.8 Å². The third-order valence-electron chi connectivity index (χ3n) is 5.75. The van der Waals surface area contributed by atoms with Gasteiger partial charge in [-0.05, 0) is 66.4 Å². The number of carboxylic acids is 1. The fourth-order valence-corrected chi connectivity index (χ4v) is 4.01. The second-order valence-corrected chi connectivity index (χ2v) is 8.83. The van der Waals surface area contributed by atoms with Crippen molar-refractivity contribution in [2.75, 3.05) is 13.1 Å². The molecule has 0 atom stereocenters. The summed E-state index contributed by atoms with van der Waals surface area (Å²) in [6.45, 7) is 0.886. The van der Waals surface area contributed by atoms with E-state index in [1.165, 1.54) is 0 Å². The molecule has 0 fully saturated rings. The Hall–Kier alpha value is -4.09. The molecule has 3 aromatic carbocycles. The number of allylic oxidation sites excluding steroid dienone is 3. The normalized spacial score (nSPS) is 12.8. The van der Waals surface area contributed by atoms with Crippen LogP contribution in [-0.4, -0.2) is 35.0 Å². The molecule has 4 rings (SSSR count). The van der Waals surface area contributed by atoms with Crippen LogP contribution in [0.4, 0.5) is 0 Å². The predicted octanol–water partition coefficient (Wildman–Crippen LogP) is 6.71. The van der Waals surface area contributed by atoms with Gasteiger partial charge < -0.3 is 14.7 Å². The zero-order valence-corrected chi connectivity index (χ0v) is 20.4. The number of hydrogen-bond acceptors (Lipinski definition) is 3. The van der Waals surface area contributed by atoms with E-state index in [-0.39, 0.29) is 5.91 Å². The second-order valence-electron chi connectivity index (χ2n) is 8.39. The molecule has 36 heavy (non-hydrogen) atoms. The number of rotatable bonds is 9. The molecule has 0 aliphatic heterocycles. The molecule has 0 bridgehead atoms. The number of halogens is 1. The van der Waals surface area contributed by atoms with Crippen molar-refractivity contribution in [3.8, 4) is 11.5 Å². The molecule has 1 N–H and O–H groups in total. The molecular weight excluding hydrogens is 474 g/mol. The highest BCUT2D eigenvalue weighted by atomic mass is 35.5. The summed E-state index contributed by atoms with van der Waals surface area (Å²) in [5.74, 6) is 0.174. The maximum atomic E-state index is 13.5. The molecule has 1 amide bonds. The summed E-state index contributed by atoms with van der Waals surface area (Å²) in [4.78, 5) is 26.6. The number of hydrogen-bond donors (Lipinski definition) is 1. The summed E-state index contributed by atoms with van der Waals surface area (Å²) in [5.41, 5.74) is 2.87. The number of nitrogens with zero attached hydrogens (tertiary/aromatic N) is 1. The lowest BCUT2D eigenvalue weighted by molar-refractivity contribution is -0.132. The molecule has 5 nitrogen and oxygen atoms in total. The molecule has 0 heterocycles. The van der Waals surface area contributed by atoms with Crippen LogP contribution in [0.5, 0.6) is 11.5 Å². The first-order chi connectivity index (χ1) is 17.5. The van der Waals surface area contributed by atoms with Crippen molar-refractivity contribution < 1.29 is 19.4 Å². The molecular formula is C30H26ClNO4. The van der Waals surface area contributed by atoms with Gasteiger partial charge in [0.05, 0.1) is 0 Å². The minimum atomic E-state index is -0.936. The van der Waals surface area contributed by atoms with Gasteiger partial charge in [0.15, 0.2) is 0 Å². The Labute approximate surface area is 215 Å². The first-order valence-electron chi connectivity index (χ1n) is 11.6. The Kier molecular flexibility index (Phi) is 8.37. The second kappa shape index (κ2) is 12.0. The number of amides is 1. The molecule has 1 aliphatic carbocycles. The molecule has 0 saturated carbocycles. The molecule has 0 saturated heterocycles. The lowest BCUT2D eigenvalue weighted by atomic mass is 10.1. The largest absolute Gasteiger partial charge is 0.478 e. The fraction of sp³-hybridized carbons (Fsp3) is 0.133. The van der Waals surface area contributed by atoms with E-state index in [9.17, 15) is 14.7 Å². The highest BCUT2D eigenvalue weighted by molar-refractivity contribution is 6.30. The molecule has 0 aromatic heterocycles.